The van der Waals surface area contributed by atoms with E-state index in [9.17, 15) is 22.8 Å². The molecule has 130 valence electrons. The standard InChI is InChI=1S/C14H18F3N3O2.ClH/c1-9(20-13(22)8-19-12(21)7-18)6-10-2-4-11(5-3-10)14(15,16)17;/h2-5,9H,6-8,18H2,1H3,(H,19,21)(H,20,22);1H. The van der Waals surface area contributed by atoms with E-state index in [1.54, 1.807) is 6.92 Å². The Morgan fingerprint density at radius 2 is 1.74 bits per heavy atom. The van der Waals surface area contributed by atoms with E-state index in [0.29, 0.717) is 12.0 Å². The average Bonchev–Trinajstić information content (AvgIpc) is 2.44. The second-order valence-corrected chi connectivity index (χ2v) is 4.85. The van der Waals surface area contributed by atoms with Gasteiger partial charge in [-0.1, -0.05) is 12.1 Å². The van der Waals surface area contributed by atoms with Crippen molar-refractivity contribution in [1.29, 1.82) is 0 Å². The van der Waals surface area contributed by atoms with E-state index in [2.05, 4.69) is 10.6 Å². The number of benzene rings is 1. The van der Waals surface area contributed by atoms with E-state index >= 15 is 0 Å². The zero-order chi connectivity index (χ0) is 16.8. The molecule has 9 heteroatoms. The van der Waals surface area contributed by atoms with Gasteiger partial charge in [-0.15, -0.1) is 12.4 Å². The molecule has 1 rings (SSSR count). The predicted molar refractivity (Wildman–Crippen MR) is 82.1 cm³/mol. The van der Waals surface area contributed by atoms with Gasteiger partial charge in [-0.3, -0.25) is 9.59 Å². The lowest BCUT2D eigenvalue weighted by Crippen LogP contribution is -2.43. The highest BCUT2D eigenvalue weighted by Crippen LogP contribution is 2.29. The van der Waals surface area contributed by atoms with Crippen molar-refractivity contribution >= 4 is 24.2 Å². The summed E-state index contributed by atoms with van der Waals surface area (Å²) in [5.74, 6) is -0.827. The quantitative estimate of drug-likeness (QED) is 0.719. The molecule has 0 aliphatic heterocycles. The van der Waals surface area contributed by atoms with E-state index in [1.165, 1.54) is 12.1 Å². The van der Waals surface area contributed by atoms with Gasteiger partial charge in [0.15, 0.2) is 0 Å². The monoisotopic (exact) mass is 353 g/mol. The van der Waals surface area contributed by atoms with Crippen molar-refractivity contribution in [3.63, 3.8) is 0 Å². The highest BCUT2D eigenvalue weighted by atomic mass is 35.5. The average molecular weight is 354 g/mol. The fourth-order valence-electron chi connectivity index (χ4n) is 1.81. The molecule has 0 spiro atoms. The van der Waals surface area contributed by atoms with Gasteiger partial charge < -0.3 is 16.4 Å². The summed E-state index contributed by atoms with van der Waals surface area (Å²) in [4.78, 5) is 22.4. The Bertz CT molecular complexity index is 521. The number of nitrogens with one attached hydrogen (secondary N) is 2. The smallest absolute Gasteiger partial charge is 0.352 e. The van der Waals surface area contributed by atoms with Gasteiger partial charge in [0.2, 0.25) is 11.8 Å². The number of nitrogens with two attached hydrogens (primary N) is 1. The van der Waals surface area contributed by atoms with Crippen molar-refractivity contribution < 1.29 is 22.8 Å². The lowest BCUT2D eigenvalue weighted by atomic mass is 10.0. The van der Waals surface area contributed by atoms with Crippen molar-refractivity contribution in [2.45, 2.75) is 25.6 Å². The summed E-state index contributed by atoms with van der Waals surface area (Å²) in [5.41, 5.74) is 5.04. The van der Waals surface area contributed by atoms with Crippen LogP contribution in [0.1, 0.15) is 18.1 Å². The Morgan fingerprint density at radius 3 is 2.22 bits per heavy atom. The predicted octanol–water partition coefficient (Wildman–Crippen LogP) is 1.25. The summed E-state index contributed by atoms with van der Waals surface area (Å²) in [6.07, 6.45) is -3.98. The van der Waals surface area contributed by atoms with E-state index in [1.807, 2.05) is 0 Å². The van der Waals surface area contributed by atoms with Crippen molar-refractivity contribution in [3.05, 3.63) is 35.4 Å². The molecule has 2 amide bonds. The molecule has 1 aromatic rings. The van der Waals surface area contributed by atoms with Gasteiger partial charge in [-0.2, -0.15) is 13.2 Å². The zero-order valence-corrected chi connectivity index (χ0v) is 13.3. The minimum absolute atomic E-state index is 0. The Labute approximate surface area is 138 Å². The van der Waals surface area contributed by atoms with Gasteiger partial charge >= 0.3 is 6.18 Å². The lowest BCUT2D eigenvalue weighted by molar-refractivity contribution is -0.137. The van der Waals surface area contributed by atoms with Gasteiger partial charge in [-0.25, -0.2) is 0 Å². The van der Waals surface area contributed by atoms with Crippen LogP contribution in [0.4, 0.5) is 13.2 Å². The second-order valence-electron chi connectivity index (χ2n) is 4.85. The maximum absolute atomic E-state index is 12.4. The third-order valence-corrected chi connectivity index (χ3v) is 2.86. The summed E-state index contributed by atoms with van der Waals surface area (Å²) in [5, 5.41) is 4.96. The topological polar surface area (TPSA) is 84.2 Å². The Kier molecular flexibility index (Phi) is 8.63. The fourth-order valence-corrected chi connectivity index (χ4v) is 1.81. The summed E-state index contributed by atoms with van der Waals surface area (Å²) in [6.45, 7) is 1.34. The Balaban J connectivity index is 0.00000484. The van der Waals surface area contributed by atoms with Crippen LogP contribution in [0, 0.1) is 0 Å². The summed E-state index contributed by atoms with van der Waals surface area (Å²) in [7, 11) is 0. The molecule has 0 aliphatic rings. The van der Waals surface area contributed by atoms with Crippen LogP contribution in [0.5, 0.6) is 0 Å². The first kappa shape index (κ1) is 21.2. The van der Waals surface area contributed by atoms with E-state index in [-0.39, 0.29) is 37.4 Å². The molecule has 0 bridgehead atoms. The summed E-state index contributed by atoms with van der Waals surface area (Å²) < 4.78 is 37.3. The first-order valence-electron chi connectivity index (χ1n) is 6.64. The molecule has 4 N–H and O–H groups in total. The largest absolute Gasteiger partial charge is 0.416 e. The van der Waals surface area contributed by atoms with Crippen LogP contribution < -0.4 is 16.4 Å². The molecule has 1 atom stereocenters. The maximum atomic E-state index is 12.4. The van der Waals surface area contributed by atoms with Gasteiger partial charge in [0.05, 0.1) is 18.7 Å². The molecule has 0 heterocycles. The number of halogens is 4. The minimum Gasteiger partial charge on any atom is -0.352 e. The number of carbonyl (C=O) groups is 2. The van der Waals surface area contributed by atoms with Gasteiger partial charge in [0.25, 0.3) is 0 Å². The maximum Gasteiger partial charge on any atom is 0.416 e. The molecule has 0 aliphatic carbocycles. The number of rotatable bonds is 6. The van der Waals surface area contributed by atoms with E-state index in [0.717, 1.165) is 12.1 Å². The number of amides is 2. The third kappa shape index (κ3) is 7.85. The molecule has 1 aromatic carbocycles. The number of carbonyl (C=O) groups excluding carboxylic acids is 2. The first-order valence-corrected chi connectivity index (χ1v) is 6.64. The fraction of sp³-hybridized carbons (Fsp3) is 0.429. The Hall–Kier alpha value is -1.80. The molecular weight excluding hydrogens is 335 g/mol. The third-order valence-electron chi connectivity index (χ3n) is 2.86. The first-order chi connectivity index (χ1) is 10.2. The van der Waals surface area contributed by atoms with Crippen LogP contribution >= 0.6 is 12.4 Å². The normalized spacial score (nSPS) is 12.0. The van der Waals surface area contributed by atoms with E-state index < -0.39 is 17.6 Å². The van der Waals surface area contributed by atoms with Gasteiger partial charge in [0, 0.05) is 6.04 Å². The van der Waals surface area contributed by atoms with Gasteiger partial charge in [0.1, 0.15) is 0 Å². The van der Waals surface area contributed by atoms with Crippen molar-refractivity contribution in [2.24, 2.45) is 5.73 Å². The van der Waals surface area contributed by atoms with Crippen molar-refractivity contribution in [2.75, 3.05) is 13.1 Å². The second kappa shape index (κ2) is 9.36. The van der Waals surface area contributed by atoms with Crippen molar-refractivity contribution in [3.8, 4) is 0 Å². The Morgan fingerprint density at radius 1 is 1.17 bits per heavy atom. The molecule has 0 fully saturated rings. The van der Waals surface area contributed by atoms with E-state index in [4.69, 9.17) is 5.73 Å². The molecule has 0 aromatic heterocycles. The van der Waals surface area contributed by atoms with Gasteiger partial charge in [-0.05, 0) is 31.0 Å². The molecule has 0 radical (unpaired) electrons. The number of alkyl halides is 3. The SMILES string of the molecule is CC(Cc1ccc(C(F)(F)F)cc1)NC(=O)CNC(=O)CN.Cl. The molecule has 0 saturated heterocycles. The highest BCUT2D eigenvalue weighted by molar-refractivity contribution is 5.85. The molecule has 1 unspecified atom stereocenters. The van der Waals surface area contributed by atoms with Crippen LogP contribution in [0.2, 0.25) is 0 Å². The summed E-state index contributed by atoms with van der Waals surface area (Å²) >= 11 is 0. The molecular formula is C14H19ClF3N3O2. The van der Waals surface area contributed by atoms with Crippen LogP contribution in [0.3, 0.4) is 0 Å². The number of hydrogen-bond acceptors (Lipinski definition) is 3. The van der Waals surface area contributed by atoms with Crippen LogP contribution in [-0.4, -0.2) is 30.9 Å². The molecule has 23 heavy (non-hydrogen) atoms. The van der Waals surface area contributed by atoms with Crippen LogP contribution in [-0.2, 0) is 22.2 Å². The van der Waals surface area contributed by atoms with Crippen LogP contribution in [0.15, 0.2) is 24.3 Å². The van der Waals surface area contributed by atoms with Crippen LogP contribution in [0.25, 0.3) is 0 Å². The molecule has 0 saturated carbocycles. The summed E-state index contributed by atoms with van der Waals surface area (Å²) in [6, 6.07) is 4.49. The zero-order valence-electron chi connectivity index (χ0n) is 12.4. The highest BCUT2D eigenvalue weighted by Gasteiger charge is 2.29. The minimum atomic E-state index is -4.36. The lowest BCUT2D eigenvalue weighted by Gasteiger charge is -2.15. The molecule has 5 nitrogen and oxygen atoms in total. The number of hydrogen-bond donors (Lipinski definition) is 3. The van der Waals surface area contributed by atoms with Crippen molar-refractivity contribution in [1.82, 2.24) is 10.6 Å².